The summed E-state index contributed by atoms with van der Waals surface area (Å²) in [4.78, 5) is 22.2. The van der Waals surface area contributed by atoms with Crippen LogP contribution in [0.5, 0.6) is 0 Å². The number of carbonyl (C=O) groups is 1. The SMILES string of the molecule is O=C(NC(=S)Nc1ccc([N+](=O)[O-])cc1Cl)c1ccc(Cl)c(Cl)c1. The standard InChI is InChI=1S/C14H8Cl3N3O3S/c15-9-3-1-7(5-10(9)16)13(21)19-14(24)18-12-4-2-8(20(22)23)6-11(12)17/h1-6H,(H2,18,19,21,24). The third-order valence-corrected chi connectivity index (χ3v) is 4.08. The minimum Gasteiger partial charge on any atom is -0.331 e. The van der Waals surface area contributed by atoms with E-state index in [1.54, 1.807) is 0 Å². The second kappa shape index (κ2) is 7.76. The molecule has 0 heterocycles. The Morgan fingerprint density at radius 2 is 1.75 bits per heavy atom. The normalized spacial score (nSPS) is 10.1. The Morgan fingerprint density at radius 3 is 2.33 bits per heavy atom. The van der Waals surface area contributed by atoms with E-state index < -0.39 is 10.8 Å². The van der Waals surface area contributed by atoms with Crippen LogP contribution in [0.1, 0.15) is 10.4 Å². The summed E-state index contributed by atoms with van der Waals surface area (Å²) in [6, 6.07) is 8.21. The maximum atomic E-state index is 12.1. The summed E-state index contributed by atoms with van der Waals surface area (Å²) in [5.41, 5.74) is 0.432. The molecule has 2 N–H and O–H groups in total. The smallest absolute Gasteiger partial charge is 0.271 e. The number of thiocarbonyl (C=S) groups is 1. The maximum Gasteiger partial charge on any atom is 0.271 e. The fourth-order valence-corrected chi connectivity index (χ4v) is 2.41. The lowest BCUT2D eigenvalue weighted by molar-refractivity contribution is -0.384. The number of anilines is 1. The molecule has 10 heteroatoms. The summed E-state index contributed by atoms with van der Waals surface area (Å²) in [6.45, 7) is 0. The molecule has 1 amide bonds. The molecule has 0 radical (unpaired) electrons. The minimum absolute atomic E-state index is 0.0261. The van der Waals surface area contributed by atoms with E-state index >= 15 is 0 Å². The zero-order valence-corrected chi connectivity index (χ0v) is 14.8. The molecule has 0 saturated carbocycles. The molecule has 24 heavy (non-hydrogen) atoms. The van der Waals surface area contributed by atoms with E-state index in [0.717, 1.165) is 0 Å². The molecule has 2 aromatic carbocycles. The molecule has 6 nitrogen and oxygen atoms in total. The number of nitrogens with one attached hydrogen (secondary N) is 2. The van der Waals surface area contributed by atoms with E-state index in [4.69, 9.17) is 47.0 Å². The lowest BCUT2D eigenvalue weighted by Crippen LogP contribution is -2.34. The van der Waals surface area contributed by atoms with Crippen molar-refractivity contribution >= 4 is 69.4 Å². The summed E-state index contributed by atoms with van der Waals surface area (Å²) in [5, 5.41) is 16.4. The highest BCUT2D eigenvalue weighted by molar-refractivity contribution is 7.80. The summed E-state index contributed by atoms with van der Waals surface area (Å²) in [7, 11) is 0. The number of halogens is 3. The van der Waals surface area contributed by atoms with E-state index in [-0.39, 0.29) is 26.4 Å². The Morgan fingerprint density at radius 1 is 1.04 bits per heavy atom. The van der Waals surface area contributed by atoms with Gasteiger partial charge in [-0.3, -0.25) is 20.2 Å². The molecule has 124 valence electrons. The first-order valence-corrected chi connectivity index (χ1v) is 7.83. The van der Waals surface area contributed by atoms with E-state index in [2.05, 4.69) is 10.6 Å². The lowest BCUT2D eigenvalue weighted by atomic mass is 10.2. The Labute approximate surface area is 156 Å². The van der Waals surface area contributed by atoms with Crippen LogP contribution in [-0.4, -0.2) is 15.9 Å². The molecule has 2 rings (SSSR count). The summed E-state index contributed by atoms with van der Waals surface area (Å²) in [6.07, 6.45) is 0. The van der Waals surface area contributed by atoms with Crippen LogP contribution in [0.3, 0.4) is 0 Å². The van der Waals surface area contributed by atoms with Gasteiger partial charge in [0.25, 0.3) is 11.6 Å². The number of hydrogen-bond donors (Lipinski definition) is 2. The summed E-state index contributed by atoms with van der Waals surface area (Å²) < 4.78 is 0. The third kappa shape index (κ3) is 4.55. The first kappa shape index (κ1) is 18.4. The Bertz CT molecular complexity index is 845. The molecule has 0 aliphatic carbocycles. The zero-order chi connectivity index (χ0) is 17.9. The van der Waals surface area contributed by atoms with Crippen molar-refractivity contribution in [2.24, 2.45) is 0 Å². The van der Waals surface area contributed by atoms with Gasteiger partial charge in [0.05, 0.1) is 25.7 Å². The number of nitro groups is 1. The number of benzene rings is 2. The number of rotatable bonds is 3. The van der Waals surface area contributed by atoms with Gasteiger partial charge in [0.1, 0.15) is 0 Å². The van der Waals surface area contributed by atoms with Crippen LogP contribution in [0.2, 0.25) is 15.1 Å². The van der Waals surface area contributed by atoms with Crippen molar-refractivity contribution in [1.82, 2.24) is 5.32 Å². The van der Waals surface area contributed by atoms with Crippen LogP contribution in [-0.2, 0) is 0 Å². The molecule has 0 bridgehead atoms. The van der Waals surface area contributed by atoms with Crippen molar-refractivity contribution < 1.29 is 9.72 Å². The third-order valence-electron chi connectivity index (χ3n) is 2.82. The average molecular weight is 405 g/mol. The highest BCUT2D eigenvalue weighted by Crippen LogP contribution is 2.26. The van der Waals surface area contributed by atoms with Crippen LogP contribution in [0, 0.1) is 10.1 Å². The van der Waals surface area contributed by atoms with Gasteiger partial charge in [-0.1, -0.05) is 34.8 Å². The number of nitro benzene ring substituents is 1. The number of amides is 1. The highest BCUT2D eigenvalue weighted by Gasteiger charge is 2.13. The Balaban J connectivity index is 2.06. The molecule has 0 saturated heterocycles. The van der Waals surface area contributed by atoms with Crippen molar-refractivity contribution in [2.75, 3.05) is 5.32 Å². The highest BCUT2D eigenvalue weighted by atomic mass is 35.5. The first-order valence-electron chi connectivity index (χ1n) is 6.29. The monoisotopic (exact) mass is 403 g/mol. The minimum atomic E-state index is -0.569. The molecular formula is C14H8Cl3N3O3S. The predicted octanol–water partition coefficient (Wildman–Crippen LogP) is 4.68. The second-order valence-corrected chi connectivity index (χ2v) is 6.09. The topological polar surface area (TPSA) is 84.3 Å². The first-order chi connectivity index (χ1) is 11.3. The van der Waals surface area contributed by atoms with Crippen molar-refractivity contribution in [3.8, 4) is 0 Å². The average Bonchev–Trinajstić information content (AvgIpc) is 2.51. The molecule has 0 aliphatic rings. The van der Waals surface area contributed by atoms with Gasteiger partial charge < -0.3 is 5.32 Å². The quantitative estimate of drug-likeness (QED) is 0.441. The van der Waals surface area contributed by atoms with Gasteiger partial charge in [-0.25, -0.2) is 0 Å². The molecule has 0 unspecified atom stereocenters. The van der Waals surface area contributed by atoms with Crippen LogP contribution in [0.25, 0.3) is 0 Å². The van der Waals surface area contributed by atoms with Gasteiger partial charge in [0, 0.05) is 17.7 Å². The van der Waals surface area contributed by atoms with Crippen molar-refractivity contribution in [1.29, 1.82) is 0 Å². The van der Waals surface area contributed by atoms with Gasteiger partial charge in [-0.05, 0) is 36.5 Å². The van der Waals surface area contributed by atoms with Crippen LogP contribution >= 0.6 is 47.0 Å². The van der Waals surface area contributed by atoms with E-state index in [1.807, 2.05) is 0 Å². The summed E-state index contributed by atoms with van der Waals surface area (Å²) >= 11 is 22.6. The van der Waals surface area contributed by atoms with Gasteiger partial charge in [-0.15, -0.1) is 0 Å². The molecule has 0 aromatic heterocycles. The van der Waals surface area contributed by atoms with Crippen molar-refractivity contribution in [2.45, 2.75) is 0 Å². The van der Waals surface area contributed by atoms with Gasteiger partial charge in [-0.2, -0.15) is 0 Å². The van der Waals surface area contributed by atoms with E-state index in [0.29, 0.717) is 10.7 Å². The maximum absolute atomic E-state index is 12.1. The van der Waals surface area contributed by atoms with Crippen LogP contribution in [0.15, 0.2) is 36.4 Å². The molecule has 0 spiro atoms. The van der Waals surface area contributed by atoms with Crippen LogP contribution < -0.4 is 10.6 Å². The Hall–Kier alpha value is -1.93. The van der Waals surface area contributed by atoms with Gasteiger partial charge in [0.15, 0.2) is 5.11 Å². The van der Waals surface area contributed by atoms with Crippen molar-refractivity contribution in [3.05, 3.63) is 67.1 Å². The molecule has 2 aromatic rings. The fraction of sp³-hybridized carbons (Fsp3) is 0. The Kier molecular flexibility index (Phi) is 5.95. The molecule has 0 aliphatic heterocycles. The van der Waals surface area contributed by atoms with Crippen LogP contribution in [0.4, 0.5) is 11.4 Å². The van der Waals surface area contributed by atoms with Gasteiger partial charge in [0.2, 0.25) is 0 Å². The fourth-order valence-electron chi connectivity index (χ4n) is 1.69. The molecular weight excluding hydrogens is 397 g/mol. The van der Waals surface area contributed by atoms with E-state index in [9.17, 15) is 14.9 Å². The molecule has 0 fully saturated rings. The zero-order valence-electron chi connectivity index (χ0n) is 11.7. The second-order valence-electron chi connectivity index (χ2n) is 4.46. The number of nitrogens with zero attached hydrogens (tertiary/aromatic N) is 1. The lowest BCUT2D eigenvalue weighted by Gasteiger charge is -2.11. The van der Waals surface area contributed by atoms with E-state index in [1.165, 1.54) is 36.4 Å². The van der Waals surface area contributed by atoms with Gasteiger partial charge >= 0.3 is 0 Å². The van der Waals surface area contributed by atoms with Crippen molar-refractivity contribution in [3.63, 3.8) is 0 Å². The number of non-ortho nitro benzene ring substituents is 1. The predicted molar refractivity (Wildman–Crippen MR) is 98.3 cm³/mol. The molecule has 0 atom stereocenters. The number of carbonyl (C=O) groups excluding carboxylic acids is 1. The summed E-state index contributed by atoms with van der Waals surface area (Å²) in [5.74, 6) is -0.496. The largest absolute Gasteiger partial charge is 0.331 e. The number of hydrogen-bond acceptors (Lipinski definition) is 4.